The standard InChI is InChI=1S/C23H26N8/c1-30-8-10-31(11-9-30)20-4-7-25-22-17(20)13-19(27-22)21-18-12-16(14-26-23(18)29-28-21)15-2-5-24-6-3-15/h2,4,7,12-14,24H,3,5-6,8-11H2,1H3,(H,25,27)(H,26,28,29). The fraction of sp³-hybridized carbons (Fsp3) is 0.348. The molecule has 0 aromatic carbocycles. The first-order valence-corrected chi connectivity index (χ1v) is 10.9. The van der Waals surface area contributed by atoms with Crippen LogP contribution in [0.15, 0.2) is 36.7 Å². The highest BCUT2D eigenvalue weighted by Crippen LogP contribution is 2.33. The molecule has 8 heteroatoms. The summed E-state index contributed by atoms with van der Waals surface area (Å²) in [7, 11) is 2.18. The summed E-state index contributed by atoms with van der Waals surface area (Å²) in [4.78, 5) is 17.5. The van der Waals surface area contributed by atoms with Gasteiger partial charge < -0.3 is 20.1 Å². The smallest absolute Gasteiger partial charge is 0.155 e. The molecule has 0 bridgehead atoms. The zero-order valence-corrected chi connectivity index (χ0v) is 17.6. The van der Waals surface area contributed by atoms with E-state index >= 15 is 0 Å². The van der Waals surface area contributed by atoms with Gasteiger partial charge in [0.15, 0.2) is 5.65 Å². The van der Waals surface area contributed by atoms with Crippen LogP contribution in [0.1, 0.15) is 12.0 Å². The van der Waals surface area contributed by atoms with E-state index in [-0.39, 0.29) is 0 Å². The van der Waals surface area contributed by atoms with Crippen LogP contribution in [0.2, 0.25) is 0 Å². The first kappa shape index (κ1) is 18.5. The van der Waals surface area contributed by atoms with Crippen LogP contribution in [0, 0.1) is 0 Å². The maximum Gasteiger partial charge on any atom is 0.155 e. The van der Waals surface area contributed by atoms with Crippen LogP contribution in [-0.2, 0) is 0 Å². The minimum absolute atomic E-state index is 0.805. The first-order valence-electron chi connectivity index (χ1n) is 10.9. The van der Waals surface area contributed by atoms with Crippen LogP contribution in [0.5, 0.6) is 0 Å². The Morgan fingerprint density at radius 3 is 2.74 bits per heavy atom. The summed E-state index contributed by atoms with van der Waals surface area (Å²) in [6.07, 6.45) is 7.11. The van der Waals surface area contributed by atoms with E-state index < -0.39 is 0 Å². The molecule has 0 radical (unpaired) electrons. The van der Waals surface area contributed by atoms with Gasteiger partial charge in [-0.15, -0.1) is 0 Å². The minimum atomic E-state index is 0.805. The molecule has 31 heavy (non-hydrogen) atoms. The van der Waals surface area contributed by atoms with Gasteiger partial charge in [-0.25, -0.2) is 9.97 Å². The number of likely N-dealkylation sites (N-methyl/N-ethyl adjacent to an activating group) is 1. The van der Waals surface area contributed by atoms with Crippen LogP contribution in [-0.4, -0.2) is 76.4 Å². The fourth-order valence-corrected chi connectivity index (χ4v) is 4.63. The highest BCUT2D eigenvalue weighted by Gasteiger charge is 2.20. The first-order chi connectivity index (χ1) is 15.3. The average molecular weight is 415 g/mol. The van der Waals surface area contributed by atoms with E-state index in [9.17, 15) is 0 Å². The number of nitrogens with one attached hydrogen (secondary N) is 3. The van der Waals surface area contributed by atoms with Crippen molar-refractivity contribution in [3.05, 3.63) is 42.2 Å². The van der Waals surface area contributed by atoms with E-state index in [1.54, 1.807) is 0 Å². The van der Waals surface area contributed by atoms with E-state index in [0.717, 1.165) is 79.1 Å². The number of hydrogen-bond donors (Lipinski definition) is 3. The molecular weight excluding hydrogens is 388 g/mol. The van der Waals surface area contributed by atoms with Gasteiger partial charge in [-0.1, -0.05) is 6.08 Å². The monoisotopic (exact) mass is 414 g/mol. The van der Waals surface area contributed by atoms with Crippen molar-refractivity contribution < 1.29 is 0 Å². The SMILES string of the molecule is CN1CCN(c2ccnc3[nH]c(-c4n[nH]c5ncc(C6=CCNCC6)cc45)cc23)CC1. The van der Waals surface area contributed by atoms with Crippen molar-refractivity contribution in [2.75, 3.05) is 51.2 Å². The fourth-order valence-electron chi connectivity index (χ4n) is 4.63. The zero-order valence-electron chi connectivity index (χ0n) is 17.6. The quantitative estimate of drug-likeness (QED) is 0.478. The predicted octanol–water partition coefficient (Wildman–Crippen LogP) is 2.63. The molecule has 0 spiro atoms. The van der Waals surface area contributed by atoms with Gasteiger partial charge in [-0.05, 0) is 49.3 Å². The minimum Gasteiger partial charge on any atom is -0.368 e. The van der Waals surface area contributed by atoms with Crippen molar-refractivity contribution >= 4 is 33.3 Å². The van der Waals surface area contributed by atoms with Crippen molar-refractivity contribution in [2.24, 2.45) is 0 Å². The van der Waals surface area contributed by atoms with Gasteiger partial charge in [0.2, 0.25) is 0 Å². The number of piperazine rings is 1. The maximum absolute atomic E-state index is 4.63. The summed E-state index contributed by atoms with van der Waals surface area (Å²) >= 11 is 0. The number of fused-ring (bicyclic) bond motifs is 2. The number of nitrogens with zero attached hydrogens (tertiary/aromatic N) is 5. The second kappa shape index (κ2) is 7.47. The highest BCUT2D eigenvalue weighted by atomic mass is 15.2. The third-order valence-corrected chi connectivity index (χ3v) is 6.46. The van der Waals surface area contributed by atoms with Gasteiger partial charge in [0.1, 0.15) is 11.3 Å². The van der Waals surface area contributed by atoms with Crippen LogP contribution >= 0.6 is 0 Å². The molecule has 0 aliphatic carbocycles. The van der Waals surface area contributed by atoms with Crippen LogP contribution in [0.3, 0.4) is 0 Å². The van der Waals surface area contributed by atoms with Crippen LogP contribution in [0.25, 0.3) is 39.0 Å². The molecule has 6 rings (SSSR count). The molecule has 0 saturated carbocycles. The number of anilines is 1. The van der Waals surface area contributed by atoms with Crippen LogP contribution in [0.4, 0.5) is 5.69 Å². The maximum atomic E-state index is 4.63. The van der Waals surface area contributed by atoms with E-state index in [1.165, 1.54) is 16.8 Å². The Balaban J connectivity index is 1.42. The molecule has 0 atom stereocenters. The molecule has 3 N–H and O–H groups in total. The van der Waals surface area contributed by atoms with Gasteiger partial charge in [0.25, 0.3) is 0 Å². The molecule has 1 saturated heterocycles. The third kappa shape index (κ3) is 3.28. The van der Waals surface area contributed by atoms with Crippen molar-refractivity contribution in [1.29, 1.82) is 0 Å². The zero-order chi connectivity index (χ0) is 20.8. The number of aromatic amines is 2. The Labute approximate surface area is 180 Å². The second-order valence-electron chi connectivity index (χ2n) is 8.44. The Morgan fingerprint density at radius 2 is 1.90 bits per heavy atom. The number of aromatic nitrogens is 5. The lowest BCUT2D eigenvalue weighted by molar-refractivity contribution is 0.313. The van der Waals surface area contributed by atoms with Gasteiger partial charge in [-0.2, -0.15) is 5.10 Å². The van der Waals surface area contributed by atoms with Gasteiger partial charge >= 0.3 is 0 Å². The summed E-state index contributed by atoms with van der Waals surface area (Å²) < 4.78 is 0. The van der Waals surface area contributed by atoms with Crippen molar-refractivity contribution in [2.45, 2.75) is 6.42 Å². The Kier molecular flexibility index (Phi) is 4.47. The molecule has 2 aliphatic rings. The predicted molar refractivity (Wildman–Crippen MR) is 124 cm³/mol. The Bertz CT molecular complexity index is 1280. The molecule has 158 valence electrons. The molecule has 8 nitrogen and oxygen atoms in total. The molecule has 4 aromatic heterocycles. The summed E-state index contributed by atoms with van der Waals surface area (Å²) in [6, 6.07) is 6.51. The second-order valence-corrected chi connectivity index (χ2v) is 8.44. The molecule has 0 unspecified atom stereocenters. The van der Waals surface area contributed by atoms with Gasteiger partial charge in [-0.3, -0.25) is 5.10 Å². The number of H-pyrrole nitrogens is 2. The largest absolute Gasteiger partial charge is 0.368 e. The molecule has 4 aromatic rings. The summed E-state index contributed by atoms with van der Waals surface area (Å²) in [5, 5.41) is 13.2. The topological polar surface area (TPSA) is 88.8 Å². The van der Waals surface area contributed by atoms with Gasteiger partial charge in [0, 0.05) is 61.6 Å². The van der Waals surface area contributed by atoms with Crippen molar-refractivity contribution in [3.8, 4) is 11.4 Å². The number of hydrogen-bond acceptors (Lipinski definition) is 6. The third-order valence-electron chi connectivity index (χ3n) is 6.46. The van der Waals surface area contributed by atoms with E-state index in [2.05, 4.69) is 71.6 Å². The Hall–Kier alpha value is -3.23. The van der Waals surface area contributed by atoms with E-state index in [4.69, 9.17) is 0 Å². The lowest BCUT2D eigenvalue weighted by atomic mass is 10.0. The van der Waals surface area contributed by atoms with Crippen molar-refractivity contribution in [1.82, 2.24) is 35.4 Å². The molecule has 1 fully saturated rings. The average Bonchev–Trinajstić information content (AvgIpc) is 3.43. The summed E-state index contributed by atoms with van der Waals surface area (Å²) in [6.45, 7) is 6.12. The Morgan fingerprint density at radius 1 is 1.00 bits per heavy atom. The number of pyridine rings is 2. The lowest BCUT2D eigenvalue weighted by Crippen LogP contribution is -2.44. The normalized spacial score (nSPS) is 18.1. The lowest BCUT2D eigenvalue weighted by Gasteiger charge is -2.34. The molecule has 2 aliphatic heterocycles. The summed E-state index contributed by atoms with van der Waals surface area (Å²) in [5.74, 6) is 0. The van der Waals surface area contributed by atoms with E-state index in [0.29, 0.717) is 0 Å². The summed E-state index contributed by atoms with van der Waals surface area (Å²) in [5.41, 5.74) is 7.31. The molecular formula is C23H26N8. The highest BCUT2D eigenvalue weighted by molar-refractivity contribution is 5.98. The molecule has 0 amide bonds. The molecule has 6 heterocycles. The van der Waals surface area contributed by atoms with Gasteiger partial charge in [0.05, 0.1) is 5.69 Å². The van der Waals surface area contributed by atoms with E-state index in [1.807, 2.05) is 12.4 Å². The number of rotatable bonds is 3. The van der Waals surface area contributed by atoms with Crippen molar-refractivity contribution in [3.63, 3.8) is 0 Å². The van der Waals surface area contributed by atoms with Crippen LogP contribution < -0.4 is 10.2 Å².